The molecule has 3 unspecified atom stereocenters. The van der Waals surface area contributed by atoms with E-state index in [0.717, 1.165) is 12.0 Å². The van der Waals surface area contributed by atoms with Gasteiger partial charge in [0, 0.05) is 17.0 Å². The van der Waals surface area contributed by atoms with Gasteiger partial charge < -0.3 is 5.32 Å². The molecule has 0 aromatic carbocycles. The minimum Gasteiger partial charge on any atom is -0.306 e. The lowest BCUT2D eigenvalue weighted by atomic mass is 9.96. The molecule has 3 atom stereocenters. The first-order valence-corrected chi connectivity index (χ1v) is 7.89. The number of rotatable bonds is 5. The highest BCUT2D eigenvalue weighted by molar-refractivity contribution is 7.10. The summed E-state index contributed by atoms with van der Waals surface area (Å²) in [4.78, 5) is 1.50. The highest BCUT2D eigenvalue weighted by atomic mass is 32.1. The molecule has 0 amide bonds. The van der Waals surface area contributed by atoms with Crippen molar-refractivity contribution < 1.29 is 0 Å². The minimum absolute atomic E-state index is 0.548. The third kappa shape index (κ3) is 3.11. The van der Waals surface area contributed by atoms with Crippen LogP contribution in [0.5, 0.6) is 0 Å². The molecule has 2 rings (SSSR count). The first-order valence-electron chi connectivity index (χ1n) is 7.01. The molecule has 0 spiro atoms. The Morgan fingerprint density at radius 2 is 2.24 bits per heavy atom. The van der Waals surface area contributed by atoms with Crippen molar-refractivity contribution in [2.75, 3.05) is 0 Å². The summed E-state index contributed by atoms with van der Waals surface area (Å²) in [6.45, 7) is 6.99. The molecule has 1 N–H and O–H groups in total. The van der Waals surface area contributed by atoms with Gasteiger partial charge in [0.05, 0.1) is 0 Å². The van der Waals surface area contributed by atoms with Crippen LogP contribution in [0.2, 0.25) is 0 Å². The second kappa shape index (κ2) is 6.01. The normalized spacial score (nSPS) is 26.6. The Morgan fingerprint density at radius 3 is 2.82 bits per heavy atom. The zero-order valence-corrected chi connectivity index (χ0v) is 12.1. The van der Waals surface area contributed by atoms with Crippen LogP contribution in [0.1, 0.15) is 57.4 Å². The maximum absolute atomic E-state index is 3.93. The van der Waals surface area contributed by atoms with E-state index in [-0.39, 0.29) is 0 Å². The Balaban J connectivity index is 2.03. The highest BCUT2D eigenvalue weighted by Crippen LogP contribution is 2.33. The number of nitrogens with one attached hydrogen (secondary N) is 1. The molecule has 96 valence electrons. The minimum atomic E-state index is 0.548. The third-order valence-corrected chi connectivity index (χ3v) is 5.05. The quantitative estimate of drug-likeness (QED) is 0.805. The van der Waals surface area contributed by atoms with Gasteiger partial charge in [-0.15, -0.1) is 11.3 Å². The summed E-state index contributed by atoms with van der Waals surface area (Å²) in [5.41, 5.74) is 0. The van der Waals surface area contributed by atoms with E-state index in [1.807, 2.05) is 11.3 Å². The van der Waals surface area contributed by atoms with Gasteiger partial charge in [0.2, 0.25) is 0 Å². The Hall–Kier alpha value is -0.340. The van der Waals surface area contributed by atoms with E-state index >= 15 is 0 Å². The fourth-order valence-corrected chi connectivity index (χ4v) is 4.01. The summed E-state index contributed by atoms with van der Waals surface area (Å²) in [5, 5.41) is 6.12. The molecule has 0 saturated heterocycles. The average Bonchev–Trinajstić information content (AvgIpc) is 2.96. The van der Waals surface area contributed by atoms with E-state index in [1.165, 1.54) is 30.6 Å². The Kier molecular flexibility index (Phi) is 4.63. The van der Waals surface area contributed by atoms with Crippen LogP contribution >= 0.6 is 11.3 Å². The zero-order chi connectivity index (χ0) is 12.3. The number of thiophene rings is 1. The molecule has 1 aliphatic carbocycles. The summed E-state index contributed by atoms with van der Waals surface area (Å²) in [6.07, 6.45) is 5.52. The first kappa shape index (κ1) is 13.1. The van der Waals surface area contributed by atoms with E-state index < -0.39 is 0 Å². The summed E-state index contributed by atoms with van der Waals surface area (Å²) in [6, 6.07) is 5.74. The van der Waals surface area contributed by atoms with Gasteiger partial charge >= 0.3 is 0 Å². The van der Waals surface area contributed by atoms with Crippen LogP contribution < -0.4 is 5.32 Å². The second-order valence-corrected chi connectivity index (χ2v) is 6.59. The van der Waals surface area contributed by atoms with Crippen LogP contribution in [-0.4, -0.2) is 6.04 Å². The molecule has 1 aromatic rings. The van der Waals surface area contributed by atoms with Crippen molar-refractivity contribution in [3.63, 3.8) is 0 Å². The van der Waals surface area contributed by atoms with E-state index in [0.29, 0.717) is 12.0 Å². The number of hydrogen-bond donors (Lipinski definition) is 1. The fraction of sp³-hybridized carbons (Fsp3) is 0.733. The van der Waals surface area contributed by atoms with Gasteiger partial charge in [0.15, 0.2) is 0 Å². The summed E-state index contributed by atoms with van der Waals surface area (Å²) < 4.78 is 0. The van der Waals surface area contributed by atoms with Crippen molar-refractivity contribution in [1.82, 2.24) is 5.32 Å². The third-order valence-electron chi connectivity index (χ3n) is 4.09. The Bertz CT molecular complexity index is 318. The van der Waals surface area contributed by atoms with Crippen LogP contribution in [0.3, 0.4) is 0 Å². The largest absolute Gasteiger partial charge is 0.306 e. The first-order chi connectivity index (χ1) is 8.22. The topological polar surface area (TPSA) is 12.0 Å². The van der Waals surface area contributed by atoms with E-state index in [4.69, 9.17) is 0 Å². The molecular formula is C15H25NS. The van der Waals surface area contributed by atoms with Crippen LogP contribution in [0, 0.1) is 11.8 Å². The maximum atomic E-state index is 3.93. The van der Waals surface area contributed by atoms with E-state index in [2.05, 4.69) is 43.6 Å². The summed E-state index contributed by atoms with van der Waals surface area (Å²) >= 11 is 1.89. The van der Waals surface area contributed by atoms with Crippen molar-refractivity contribution >= 4 is 11.3 Å². The van der Waals surface area contributed by atoms with Crippen molar-refractivity contribution in [3.05, 3.63) is 22.4 Å². The monoisotopic (exact) mass is 251 g/mol. The molecule has 17 heavy (non-hydrogen) atoms. The van der Waals surface area contributed by atoms with Gasteiger partial charge in [-0.3, -0.25) is 0 Å². The van der Waals surface area contributed by atoms with E-state index in [1.54, 1.807) is 0 Å². The van der Waals surface area contributed by atoms with Gasteiger partial charge in [-0.05, 0) is 36.1 Å². The van der Waals surface area contributed by atoms with Crippen molar-refractivity contribution in [3.8, 4) is 0 Å². The lowest BCUT2D eigenvalue weighted by molar-refractivity contribution is 0.310. The smallest absolute Gasteiger partial charge is 0.0440 e. The van der Waals surface area contributed by atoms with Crippen molar-refractivity contribution in [2.45, 2.75) is 58.5 Å². The van der Waals surface area contributed by atoms with Crippen LogP contribution in [0.25, 0.3) is 0 Å². The molecule has 1 aromatic heterocycles. The Morgan fingerprint density at radius 1 is 1.41 bits per heavy atom. The molecule has 0 aliphatic heterocycles. The predicted molar refractivity (Wildman–Crippen MR) is 76.5 cm³/mol. The van der Waals surface area contributed by atoms with Gasteiger partial charge in [-0.25, -0.2) is 0 Å². The number of hydrogen-bond acceptors (Lipinski definition) is 2. The van der Waals surface area contributed by atoms with Crippen molar-refractivity contribution in [1.29, 1.82) is 0 Å². The standard InChI is InChI=1S/C15H25NS/c1-4-12-7-5-8-13(12)16-15(11(2)3)14-9-6-10-17-14/h6,9-13,15-16H,4-5,7-8H2,1-3H3. The van der Waals surface area contributed by atoms with E-state index in [9.17, 15) is 0 Å². The fourth-order valence-electron chi connectivity index (χ4n) is 3.05. The van der Waals surface area contributed by atoms with Crippen LogP contribution in [0.4, 0.5) is 0 Å². The molecule has 1 aliphatic rings. The molecule has 0 radical (unpaired) electrons. The van der Waals surface area contributed by atoms with Gasteiger partial charge in [0.1, 0.15) is 0 Å². The lowest BCUT2D eigenvalue weighted by Crippen LogP contribution is -2.37. The molecule has 0 bridgehead atoms. The predicted octanol–water partition coefficient (Wildman–Crippen LogP) is 4.61. The average molecular weight is 251 g/mol. The SMILES string of the molecule is CCC1CCCC1NC(c1cccs1)C(C)C. The second-order valence-electron chi connectivity index (χ2n) is 5.61. The Labute approximate surface area is 110 Å². The summed E-state index contributed by atoms with van der Waals surface area (Å²) in [7, 11) is 0. The van der Waals surface area contributed by atoms with Gasteiger partial charge in [-0.2, -0.15) is 0 Å². The van der Waals surface area contributed by atoms with Gasteiger partial charge in [-0.1, -0.05) is 39.7 Å². The molecule has 2 heteroatoms. The molecule has 1 fully saturated rings. The summed E-state index contributed by atoms with van der Waals surface area (Å²) in [5.74, 6) is 1.57. The molecule has 1 heterocycles. The van der Waals surface area contributed by atoms with Crippen molar-refractivity contribution in [2.24, 2.45) is 11.8 Å². The van der Waals surface area contributed by atoms with Crippen LogP contribution in [-0.2, 0) is 0 Å². The van der Waals surface area contributed by atoms with Crippen LogP contribution in [0.15, 0.2) is 17.5 Å². The highest BCUT2D eigenvalue weighted by Gasteiger charge is 2.29. The molecular weight excluding hydrogens is 226 g/mol. The van der Waals surface area contributed by atoms with Gasteiger partial charge in [0.25, 0.3) is 0 Å². The zero-order valence-electron chi connectivity index (χ0n) is 11.3. The molecule has 1 saturated carbocycles. The molecule has 1 nitrogen and oxygen atoms in total. The maximum Gasteiger partial charge on any atom is 0.0440 e. The lowest BCUT2D eigenvalue weighted by Gasteiger charge is -2.28.